The van der Waals surface area contributed by atoms with E-state index < -0.39 is 0 Å². The molecule has 1 rings (SSSR count). The number of ether oxygens (including phenoxy) is 1. The fourth-order valence-corrected chi connectivity index (χ4v) is 1.84. The average molecular weight is 215 g/mol. The Labute approximate surface area is 96.0 Å². The number of hydrogen-bond donors (Lipinski definition) is 0. The molecule has 1 aliphatic heterocycles. The number of hydrogen-bond acceptors (Lipinski definition) is 2. The van der Waals surface area contributed by atoms with Gasteiger partial charge in [0.05, 0.1) is 6.10 Å². The highest BCUT2D eigenvalue weighted by molar-refractivity contribution is 4.74. The molecule has 0 aromatic heterocycles. The molecular weight excluding hydrogens is 186 g/mol. The molecule has 1 saturated heterocycles. The maximum atomic E-state index is 5.73. The summed E-state index contributed by atoms with van der Waals surface area (Å²) >= 11 is 0. The van der Waals surface area contributed by atoms with E-state index >= 15 is 0 Å². The smallest absolute Gasteiger partial charge is 0.0599 e. The second kappa shape index (κ2) is 9.17. The van der Waals surface area contributed by atoms with E-state index in [9.17, 15) is 0 Å². The van der Waals surface area contributed by atoms with E-state index in [0.717, 1.165) is 13.0 Å². The number of nitrogens with zero attached hydrogens (tertiary/aromatic N) is 1. The van der Waals surface area contributed by atoms with Gasteiger partial charge < -0.3 is 9.64 Å². The van der Waals surface area contributed by atoms with Crippen LogP contribution in [0, 0.1) is 0 Å². The van der Waals surface area contributed by atoms with Crippen molar-refractivity contribution < 1.29 is 4.74 Å². The highest BCUT2D eigenvalue weighted by Gasteiger charge is 2.20. The van der Waals surface area contributed by atoms with Crippen molar-refractivity contribution in [3.63, 3.8) is 0 Å². The van der Waals surface area contributed by atoms with Gasteiger partial charge in [0.1, 0.15) is 0 Å². The molecule has 0 aromatic rings. The van der Waals surface area contributed by atoms with Crippen LogP contribution in [0.5, 0.6) is 0 Å². The first-order valence-electron chi connectivity index (χ1n) is 6.59. The molecule has 0 unspecified atom stereocenters. The summed E-state index contributed by atoms with van der Waals surface area (Å²) in [6.45, 7) is 14.1. The van der Waals surface area contributed by atoms with Crippen molar-refractivity contribution in [1.29, 1.82) is 0 Å². The third-order valence-corrected chi connectivity index (χ3v) is 2.76. The van der Waals surface area contributed by atoms with Crippen LogP contribution >= 0.6 is 0 Å². The van der Waals surface area contributed by atoms with E-state index in [1.165, 1.54) is 25.9 Å². The minimum atomic E-state index is 0.537. The molecule has 1 aliphatic rings. The highest BCUT2D eigenvalue weighted by Crippen LogP contribution is 2.15. The Morgan fingerprint density at radius 1 is 1.20 bits per heavy atom. The summed E-state index contributed by atoms with van der Waals surface area (Å²) in [6.07, 6.45) is 4.12. The van der Waals surface area contributed by atoms with Crippen molar-refractivity contribution in [2.75, 3.05) is 19.7 Å². The number of rotatable bonds is 4. The van der Waals surface area contributed by atoms with Crippen LogP contribution < -0.4 is 0 Å². The Hall–Kier alpha value is -0.0800. The third kappa shape index (κ3) is 6.16. The van der Waals surface area contributed by atoms with E-state index in [0.29, 0.717) is 12.1 Å². The predicted molar refractivity (Wildman–Crippen MR) is 67.3 cm³/mol. The van der Waals surface area contributed by atoms with Gasteiger partial charge in [-0.2, -0.15) is 0 Å². The van der Waals surface area contributed by atoms with Crippen molar-refractivity contribution in [2.45, 2.75) is 66.0 Å². The van der Waals surface area contributed by atoms with Gasteiger partial charge >= 0.3 is 0 Å². The summed E-state index contributed by atoms with van der Waals surface area (Å²) in [4.78, 5) is 2.53. The lowest BCUT2D eigenvalue weighted by Crippen LogP contribution is -2.40. The van der Waals surface area contributed by atoms with Crippen LogP contribution in [-0.2, 0) is 4.74 Å². The van der Waals surface area contributed by atoms with Crippen LogP contribution in [-0.4, -0.2) is 36.7 Å². The van der Waals surface area contributed by atoms with E-state index in [4.69, 9.17) is 4.74 Å². The van der Waals surface area contributed by atoms with Gasteiger partial charge in [-0.05, 0) is 33.1 Å². The first kappa shape index (κ1) is 14.9. The maximum absolute atomic E-state index is 5.73. The first-order chi connectivity index (χ1) is 7.24. The monoisotopic (exact) mass is 215 g/mol. The van der Waals surface area contributed by atoms with Crippen molar-refractivity contribution in [3.8, 4) is 0 Å². The number of piperidine rings is 1. The summed E-state index contributed by atoms with van der Waals surface area (Å²) in [7, 11) is 0. The lowest BCUT2D eigenvalue weighted by atomic mass is 10.1. The molecule has 0 saturated carbocycles. The topological polar surface area (TPSA) is 12.5 Å². The molecule has 0 N–H and O–H groups in total. The third-order valence-electron chi connectivity index (χ3n) is 2.76. The molecule has 1 heterocycles. The number of likely N-dealkylation sites (tertiary alicyclic amines) is 1. The Bertz CT molecular complexity index is 128. The molecule has 15 heavy (non-hydrogen) atoms. The molecule has 0 bridgehead atoms. The van der Waals surface area contributed by atoms with Gasteiger partial charge in [-0.25, -0.2) is 0 Å². The summed E-state index contributed by atoms with van der Waals surface area (Å²) in [5.41, 5.74) is 0. The molecule has 0 radical (unpaired) electrons. The predicted octanol–water partition coefficient (Wildman–Crippen LogP) is 3.31. The largest absolute Gasteiger partial charge is 0.378 e. The van der Waals surface area contributed by atoms with Crippen molar-refractivity contribution >= 4 is 0 Å². The van der Waals surface area contributed by atoms with Crippen molar-refractivity contribution in [3.05, 3.63) is 0 Å². The molecule has 0 amide bonds. The Morgan fingerprint density at radius 3 is 2.13 bits per heavy atom. The van der Waals surface area contributed by atoms with Crippen LogP contribution in [0.2, 0.25) is 0 Å². The quantitative estimate of drug-likeness (QED) is 0.713. The Morgan fingerprint density at radius 2 is 1.73 bits per heavy atom. The van der Waals surface area contributed by atoms with Gasteiger partial charge in [0.15, 0.2) is 0 Å². The van der Waals surface area contributed by atoms with Gasteiger partial charge in [-0.15, -0.1) is 0 Å². The average Bonchev–Trinajstić information content (AvgIpc) is 2.29. The summed E-state index contributed by atoms with van der Waals surface area (Å²) in [6, 6.07) is 0.701. The van der Waals surface area contributed by atoms with E-state index in [2.05, 4.69) is 25.7 Å². The van der Waals surface area contributed by atoms with E-state index in [-0.39, 0.29) is 0 Å². The maximum Gasteiger partial charge on any atom is 0.0599 e. The van der Waals surface area contributed by atoms with Gasteiger partial charge in [-0.1, -0.05) is 20.8 Å². The normalized spacial score (nSPS) is 18.8. The van der Waals surface area contributed by atoms with Crippen LogP contribution in [0.15, 0.2) is 0 Å². The summed E-state index contributed by atoms with van der Waals surface area (Å²) in [5, 5.41) is 0. The summed E-state index contributed by atoms with van der Waals surface area (Å²) < 4.78 is 5.73. The standard InChI is InChI=1S/C11H23NO.C2H6/c1-4-9-13-11-5-7-12(8-6-11)10(2)3;1-2/h10-11H,4-9H2,1-3H3;1-2H3. The van der Waals surface area contributed by atoms with Crippen LogP contribution in [0.3, 0.4) is 0 Å². The molecule has 1 fully saturated rings. The zero-order chi connectivity index (χ0) is 11.7. The van der Waals surface area contributed by atoms with Crippen molar-refractivity contribution in [1.82, 2.24) is 4.90 Å². The van der Waals surface area contributed by atoms with Gasteiger partial charge in [-0.3, -0.25) is 0 Å². The molecule has 2 heteroatoms. The van der Waals surface area contributed by atoms with Gasteiger partial charge in [0, 0.05) is 25.7 Å². The zero-order valence-corrected chi connectivity index (χ0v) is 11.3. The van der Waals surface area contributed by atoms with E-state index in [1.54, 1.807) is 0 Å². The molecule has 2 nitrogen and oxygen atoms in total. The van der Waals surface area contributed by atoms with Crippen LogP contribution in [0.1, 0.15) is 53.9 Å². The van der Waals surface area contributed by atoms with Gasteiger partial charge in [0.25, 0.3) is 0 Å². The molecular formula is C13H29NO. The Kier molecular flexibility index (Phi) is 9.12. The van der Waals surface area contributed by atoms with E-state index in [1.807, 2.05) is 13.8 Å². The SMILES string of the molecule is CC.CCCOC1CCN(C(C)C)CC1. The van der Waals surface area contributed by atoms with Gasteiger partial charge in [0.2, 0.25) is 0 Å². The lowest BCUT2D eigenvalue weighted by Gasteiger charge is -2.34. The molecule has 0 atom stereocenters. The molecule has 0 spiro atoms. The fraction of sp³-hybridized carbons (Fsp3) is 1.00. The van der Waals surface area contributed by atoms with Crippen molar-refractivity contribution in [2.24, 2.45) is 0 Å². The van der Waals surface area contributed by atoms with Crippen LogP contribution in [0.4, 0.5) is 0 Å². The van der Waals surface area contributed by atoms with Crippen LogP contribution in [0.25, 0.3) is 0 Å². The highest BCUT2D eigenvalue weighted by atomic mass is 16.5. The molecule has 0 aromatic carbocycles. The summed E-state index contributed by atoms with van der Waals surface area (Å²) in [5.74, 6) is 0. The molecule has 92 valence electrons. The Balaban J connectivity index is 0.000000921. The zero-order valence-electron chi connectivity index (χ0n) is 11.3. The molecule has 0 aliphatic carbocycles. The minimum Gasteiger partial charge on any atom is -0.378 e. The minimum absolute atomic E-state index is 0.537. The lowest BCUT2D eigenvalue weighted by molar-refractivity contribution is 0.00174. The first-order valence-corrected chi connectivity index (χ1v) is 6.59. The fourth-order valence-electron chi connectivity index (χ4n) is 1.84. The second-order valence-corrected chi connectivity index (χ2v) is 4.20. The second-order valence-electron chi connectivity index (χ2n) is 4.20.